The summed E-state index contributed by atoms with van der Waals surface area (Å²) in [5, 5.41) is 44.0. The molecule has 0 heterocycles. The zero-order valence-electron chi connectivity index (χ0n) is 18.7. The summed E-state index contributed by atoms with van der Waals surface area (Å²) < 4.78 is 4.62. The lowest BCUT2D eigenvalue weighted by Gasteiger charge is -2.50. The highest BCUT2D eigenvalue weighted by molar-refractivity contribution is 6.25. The maximum atomic E-state index is 13.4. The SMILES string of the molecule is COC(=O)c1ccc2c(c1O)C(=O)C1=C(O)C3(O)C(=O)C(C(N)=O)=C(O)C(N(C)C)C3CC1C2. The van der Waals surface area contributed by atoms with Crippen LogP contribution in [0.5, 0.6) is 5.75 Å². The fourth-order valence-electron chi connectivity index (χ4n) is 5.50. The number of aliphatic hydroxyl groups excluding tert-OH is 2. The van der Waals surface area contributed by atoms with E-state index in [4.69, 9.17) is 5.73 Å². The smallest absolute Gasteiger partial charge is 0.341 e. The van der Waals surface area contributed by atoms with E-state index in [9.17, 15) is 39.6 Å². The number of primary amides is 1. The van der Waals surface area contributed by atoms with Crippen LogP contribution in [0.4, 0.5) is 0 Å². The molecule has 34 heavy (non-hydrogen) atoms. The average Bonchev–Trinajstić information content (AvgIpc) is 2.75. The molecule has 4 atom stereocenters. The van der Waals surface area contributed by atoms with Gasteiger partial charge in [-0.2, -0.15) is 0 Å². The van der Waals surface area contributed by atoms with Crippen molar-refractivity contribution in [2.75, 3.05) is 21.2 Å². The number of aliphatic hydroxyl groups is 3. The van der Waals surface area contributed by atoms with Gasteiger partial charge in [-0.3, -0.25) is 19.3 Å². The van der Waals surface area contributed by atoms with Gasteiger partial charge in [-0.15, -0.1) is 0 Å². The number of ether oxygens (including phenoxy) is 1. The standard InChI is InChI=1S/C23H24N2O9/c1-25(2)15-11-7-9-6-8-4-5-10(22(32)34-3)16(26)12(8)17(27)13(9)19(29)23(11,33)20(30)14(18(15)28)21(24)31/h4-5,9,11,15,26,28-29,33H,6-7H2,1-3H3,(H2,24,31). The highest BCUT2D eigenvalue weighted by atomic mass is 16.5. The number of methoxy groups -OCH3 is 1. The van der Waals surface area contributed by atoms with Crippen LogP contribution < -0.4 is 5.73 Å². The van der Waals surface area contributed by atoms with Crippen molar-refractivity contribution in [1.29, 1.82) is 0 Å². The number of Topliss-reactive ketones (excluding diaryl/α,β-unsaturated/α-hetero) is 2. The molecule has 180 valence electrons. The molecule has 0 aliphatic heterocycles. The van der Waals surface area contributed by atoms with Gasteiger partial charge in [0.2, 0.25) is 5.78 Å². The van der Waals surface area contributed by atoms with E-state index >= 15 is 0 Å². The summed E-state index contributed by atoms with van der Waals surface area (Å²) in [7, 11) is 4.22. The van der Waals surface area contributed by atoms with Gasteiger partial charge in [0.15, 0.2) is 11.4 Å². The van der Waals surface area contributed by atoms with Gasteiger partial charge in [-0.1, -0.05) is 6.07 Å². The maximum Gasteiger partial charge on any atom is 0.341 e. The summed E-state index contributed by atoms with van der Waals surface area (Å²) in [5.41, 5.74) is 1.32. The number of amides is 1. The van der Waals surface area contributed by atoms with Crippen molar-refractivity contribution in [1.82, 2.24) is 4.90 Å². The van der Waals surface area contributed by atoms with Crippen molar-refractivity contribution in [3.63, 3.8) is 0 Å². The van der Waals surface area contributed by atoms with E-state index in [-0.39, 0.29) is 29.5 Å². The van der Waals surface area contributed by atoms with E-state index in [1.807, 2.05) is 0 Å². The van der Waals surface area contributed by atoms with Crippen molar-refractivity contribution in [3.05, 3.63) is 51.5 Å². The largest absolute Gasteiger partial charge is 0.510 e. The Morgan fingerprint density at radius 3 is 2.38 bits per heavy atom. The second-order valence-corrected chi connectivity index (χ2v) is 8.95. The highest BCUT2D eigenvalue weighted by Crippen LogP contribution is 2.52. The average molecular weight is 472 g/mol. The van der Waals surface area contributed by atoms with Gasteiger partial charge in [0, 0.05) is 11.5 Å². The van der Waals surface area contributed by atoms with Crippen molar-refractivity contribution >= 4 is 23.4 Å². The molecule has 0 aromatic heterocycles. The molecule has 1 amide bonds. The first-order valence-electron chi connectivity index (χ1n) is 10.5. The monoisotopic (exact) mass is 472 g/mol. The molecule has 0 spiro atoms. The Kier molecular flexibility index (Phi) is 5.29. The molecule has 0 saturated carbocycles. The van der Waals surface area contributed by atoms with Crippen LogP contribution in [-0.4, -0.2) is 81.6 Å². The number of hydrogen-bond donors (Lipinski definition) is 5. The third-order valence-electron chi connectivity index (χ3n) is 7.00. The lowest BCUT2D eigenvalue weighted by Crippen LogP contribution is -2.63. The number of aromatic hydroxyl groups is 1. The fraction of sp³-hybridized carbons (Fsp3) is 0.391. The van der Waals surface area contributed by atoms with Crippen molar-refractivity contribution in [2.45, 2.75) is 24.5 Å². The number of likely N-dealkylation sites (N-methyl/N-ethyl adjacent to an activating group) is 1. The number of nitrogens with two attached hydrogens (primary N) is 1. The molecule has 1 aromatic rings. The lowest BCUT2D eigenvalue weighted by atomic mass is 9.58. The quantitative estimate of drug-likeness (QED) is 0.294. The lowest BCUT2D eigenvalue weighted by molar-refractivity contribution is -0.148. The minimum absolute atomic E-state index is 0.00865. The van der Waals surface area contributed by atoms with Crippen LogP contribution in [-0.2, 0) is 20.7 Å². The van der Waals surface area contributed by atoms with Crippen LogP contribution in [0.3, 0.4) is 0 Å². The molecule has 4 unspecified atom stereocenters. The van der Waals surface area contributed by atoms with E-state index in [1.165, 1.54) is 17.0 Å². The Bertz CT molecular complexity index is 1230. The van der Waals surface area contributed by atoms with E-state index in [0.717, 1.165) is 7.11 Å². The number of fused-ring (bicyclic) bond motifs is 3. The summed E-state index contributed by atoms with van der Waals surface area (Å²) in [4.78, 5) is 52.0. The molecule has 6 N–H and O–H groups in total. The summed E-state index contributed by atoms with van der Waals surface area (Å²) in [5.74, 6) is -8.34. The number of phenolic OH excluding ortho intramolecular Hbond substituents is 1. The minimum Gasteiger partial charge on any atom is -0.510 e. The Morgan fingerprint density at radius 2 is 1.82 bits per heavy atom. The van der Waals surface area contributed by atoms with Crippen LogP contribution in [0.2, 0.25) is 0 Å². The number of phenols is 1. The molecular formula is C23H24N2O9. The molecule has 3 aliphatic carbocycles. The molecule has 11 nitrogen and oxygen atoms in total. The van der Waals surface area contributed by atoms with Crippen LogP contribution >= 0.6 is 0 Å². The maximum absolute atomic E-state index is 13.4. The normalized spacial score (nSPS) is 28.4. The zero-order valence-corrected chi connectivity index (χ0v) is 18.7. The number of ketones is 2. The summed E-state index contributed by atoms with van der Waals surface area (Å²) in [6.07, 6.45) is 0.134. The predicted octanol–water partition coefficient (Wildman–Crippen LogP) is -0.0928. The second kappa shape index (κ2) is 7.67. The van der Waals surface area contributed by atoms with Crippen LogP contribution in [0.15, 0.2) is 34.8 Å². The molecule has 0 bridgehead atoms. The van der Waals surface area contributed by atoms with Gasteiger partial charge in [0.1, 0.15) is 28.4 Å². The molecular weight excluding hydrogens is 448 g/mol. The summed E-state index contributed by atoms with van der Waals surface area (Å²) in [6.45, 7) is 0. The Balaban J connectivity index is 1.94. The van der Waals surface area contributed by atoms with E-state index in [2.05, 4.69) is 4.74 Å². The van der Waals surface area contributed by atoms with Crippen molar-refractivity contribution < 1.29 is 44.3 Å². The fourth-order valence-corrected chi connectivity index (χ4v) is 5.50. The third-order valence-corrected chi connectivity index (χ3v) is 7.00. The summed E-state index contributed by atoms with van der Waals surface area (Å²) >= 11 is 0. The molecule has 3 aliphatic rings. The van der Waals surface area contributed by atoms with E-state index < -0.39 is 69.8 Å². The Labute approximate surface area is 193 Å². The summed E-state index contributed by atoms with van der Waals surface area (Å²) in [6, 6.07) is 1.76. The topological polar surface area (TPSA) is 188 Å². The number of benzene rings is 1. The number of carbonyl (C=O) groups excluding carboxylic acids is 4. The number of allylic oxidation sites excluding steroid dienone is 1. The minimum atomic E-state index is -2.71. The Morgan fingerprint density at radius 1 is 1.18 bits per heavy atom. The Hall–Kier alpha value is -3.70. The number of carbonyl (C=O) groups is 4. The van der Waals surface area contributed by atoms with Crippen LogP contribution in [0.1, 0.15) is 32.7 Å². The van der Waals surface area contributed by atoms with E-state index in [1.54, 1.807) is 14.1 Å². The van der Waals surface area contributed by atoms with Crippen LogP contribution in [0.25, 0.3) is 0 Å². The van der Waals surface area contributed by atoms with Gasteiger partial charge in [-0.05, 0) is 44.5 Å². The van der Waals surface area contributed by atoms with Crippen LogP contribution in [0, 0.1) is 11.8 Å². The second-order valence-electron chi connectivity index (χ2n) is 8.95. The van der Waals surface area contributed by atoms with Crippen molar-refractivity contribution in [2.24, 2.45) is 17.6 Å². The molecule has 0 saturated heterocycles. The molecule has 11 heteroatoms. The zero-order chi connectivity index (χ0) is 25.3. The van der Waals surface area contributed by atoms with E-state index in [0.29, 0.717) is 5.56 Å². The first-order chi connectivity index (χ1) is 15.9. The molecule has 0 radical (unpaired) electrons. The first kappa shape index (κ1) is 23.5. The van der Waals surface area contributed by atoms with Crippen molar-refractivity contribution in [3.8, 4) is 5.75 Å². The van der Waals surface area contributed by atoms with Gasteiger partial charge in [0.25, 0.3) is 5.91 Å². The molecule has 4 rings (SSSR count). The highest BCUT2D eigenvalue weighted by Gasteiger charge is 2.63. The number of esters is 1. The van der Waals surface area contributed by atoms with Gasteiger partial charge >= 0.3 is 5.97 Å². The third kappa shape index (κ3) is 2.90. The van der Waals surface area contributed by atoms with Gasteiger partial charge in [0.05, 0.1) is 18.7 Å². The van der Waals surface area contributed by atoms with Gasteiger partial charge < -0.3 is 30.9 Å². The number of hydrogen-bond acceptors (Lipinski definition) is 10. The predicted molar refractivity (Wildman–Crippen MR) is 115 cm³/mol. The first-order valence-corrected chi connectivity index (χ1v) is 10.5. The molecule has 1 aromatic carbocycles. The number of rotatable bonds is 3. The number of nitrogens with zero attached hydrogens (tertiary/aromatic N) is 1. The van der Waals surface area contributed by atoms with Gasteiger partial charge in [-0.25, -0.2) is 4.79 Å². The molecule has 0 fully saturated rings.